The van der Waals surface area contributed by atoms with E-state index in [2.05, 4.69) is 4.98 Å². The van der Waals surface area contributed by atoms with E-state index < -0.39 is 40.8 Å². The molecule has 0 saturated carbocycles. The summed E-state index contributed by atoms with van der Waals surface area (Å²) < 4.78 is 34.2. The Morgan fingerprint density at radius 3 is 2.62 bits per heavy atom. The molecule has 3 heterocycles. The van der Waals surface area contributed by atoms with Crippen LogP contribution in [0.25, 0.3) is 11.0 Å². The van der Waals surface area contributed by atoms with E-state index in [4.69, 9.17) is 4.42 Å². The molecule has 1 amide bonds. The number of pyridine rings is 1. The van der Waals surface area contributed by atoms with Crippen molar-refractivity contribution in [2.24, 2.45) is 0 Å². The molecule has 0 fully saturated rings. The maximum atomic E-state index is 14.6. The molecule has 32 heavy (non-hydrogen) atoms. The molecule has 0 aliphatic carbocycles. The van der Waals surface area contributed by atoms with Crippen molar-refractivity contribution in [1.82, 2.24) is 4.98 Å². The zero-order chi connectivity index (χ0) is 22.4. The van der Waals surface area contributed by atoms with Crippen molar-refractivity contribution >= 4 is 28.3 Å². The highest BCUT2D eigenvalue weighted by atomic mass is 19.1. The van der Waals surface area contributed by atoms with Gasteiger partial charge in [0.1, 0.15) is 17.2 Å². The molecule has 1 unspecified atom stereocenters. The molecule has 1 aliphatic rings. The van der Waals surface area contributed by atoms with Gasteiger partial charge >= 0.3 is 0 Å². The van der Waals surface area contributed by atoms with Crippen molar-refractivity contribution in [3.63, 3.8) is 0 Å². The summed E-state index contributed by atoms with van der Waals surface area (Å²) in [7, 11) is 0. The number of Topliss-reactive ketones (excluding diaryl/α,β-unsaturated/α-hetero) is 1. The predicted octanol–water partition coefficient (Wildman–Crippen LogP) is 4.89. The van der Waals surface area contributed by atoms with Crippen molar-refractivity contribution in [1.29, 1.82) is 0 Å². The van der Waals surface area contributed by atoms with Gasteiger partial charge in [0.2, 0.25) is 5.78 Å². The van der Waals surface area contributed by atoms with Gasteiger partial charge in [-0.05, 0) is 35.9 Å². The number of ketones is 1. The van der Waals surface area contributed by atoms with Crippen LogP contribution >= 0.6 is 0 Å². The number of carbonyl (C=O) groups is 2. The number of halogens is 2. The van der Waals surface area contributed by atoms with Crippen LogP contribution in [0.4, 0.5) is 14.5 Å². The summed E-state index contributed by atoms with van der Waals surface area (Å²) in [6, 6.07) is 12.9. The first kappa shape index (κ1) is 19.6. The first-order valence-electron chi connectivity index (χ1n) is 9.60. The lowest BCUT2D eigenvalue weighted by Crippen LogP contribution is -2.32. The van der Waals surface area contributed by atoms with E-state index in [1.807, 2.05) is 0 Å². The molecule has 6 nitrogen and oxygen atoms in total. The van der Waals surface area contributed by atoms with Crippen molar-refractivity contribution < 1.29 is 27.9 Å². The Labute approximate surface area is 180 Å². The van der Waals surface area contributed by atoms with Gasteiger partial charge in [-0.2, -0.15) is 0 Å². The number of benzene rings is 2. The Morgan fingerprint density at radius 2 is 1.88 bits per heavy atom. The van der Waals surface area contributed by atoms with Crippen LogP contribution in [0.15, 0.2) is 88.8 Å². The van der Waals surface area contributed by atoms with Gasteiger partial charge in [-0.15, -0.1) is 0 Å². The van der Waals surface area contributed by atoms with Gasteiger partial charge < -0.3 is 9.52 Å². The average Bonchev–Trinajstić information content (AvgIpc) is 3.35. The van der Waals surface area contributed by atoms with E-state index in [1.165, 1.54) is 18.5 Å². The van der Waals surface area contributed by atoms with E-state index in [-0.39, 0.29) is 11.3 Å². The van der Waals surface area contributed by atoms with Gasteiger partial charge in [0.15, 0.2) is 11.5 Å². The summed E-state index contributed by atoms with van der Waals surface area (Å²) in [4.78, 5) is 31.3. The van der Waals surface area contributed by atoms with E-state index in [9.17, 15) is 23.5 Å². The normalized spacial score (nSPS) is 16.2. The Bertz CT molecular complexity index is 1380. The van der Waals surface area contributed by atoms with E-state index in [1.54, 1.807) is 36.4 Å². The van der Waals surface area contributed by atoms with Gasteiger partial charge in [-0.25, -0.2) is 8.78 Å². The SMILES string of the molecule is O=C(C1=C(O)C(=O)N(c2cc(F)ccc2F)C1c1cccnc1)c1cc2ccccc2o1. The number of hydrogen-bond acceptors (Lipinski definition) is 5. The predicted molar refractivity (Wildman–Crippen MR) is 111 cm³/mol. The molecule has 1 aliphatic heterocycles. The first-order valence-corrected chi connectivity index (χ1v) is 9.60. The molecule has 4 aromatic rings. The van der Waals surface area contributed by atoms with E-state index in [0.717, 1.165) is 23.1 Å². The van der Waals surface area contributed by atoms with Gasteiger partial charge in [0, 0.05) is 23.8 Å². The molecule has 0 spiro atoms. The standard InChI is InChI=1S/C24H14F2N2O4/c25-15-7-8-16(26)17(11-15)28-21(14-5-3-9-27-12-14)20(23(30)24(28)31)22(29)19-10-13-4-1-2-6-18(13)32-19/h1-12,21,30H. The van der Waals surface area contributed by atoms with Crippen LogP contribution in [0, 0.1) is 11.6 Å². The summed E-state index contributed by atoms with van der Waals surface area (Å²) in [5, 5.41) is 11.3. The molecule has 1 atom stereocenters. The fourth-order valence-corrected chi connectivity index (χ4v) is 3.84. The summed E-state index contributed by atoms with van der Waals surface area (Å²) in [5.41, 5.74) is 0.0489. The number of nitrogens with zero attached hydrogens (tertiary/aromatic N) is 2. The van der Waals surface area contributed by atoms with Crippen molar-refractivity contribution in [3.8, 4) is 0 Å². The number of aliphatic hydroxyl groups is 1. The molecule has 1 N–H and O–H groups in total. The third-order valence-corrected chi connectivity index (χ3v) is 5.27. The lowest BCUT2D eigenvalue weighted by molar-refractivity contribution is -0.117. The number of fused-ring (bicyclic) bond motifs is 1. The molecule has 8 heteroatoms. The molecule has 158 valence electrons. The number of aliphatic hydroxyl groups excluding tert-OH is 1. The average molecular weight is 432 g/mol. The second-order valence-electron chi connectivity index (χ2n) is 7.20. The number of furan rings is 1. The molecular formula is C24H14F2N2O4. The quantitative estimate of drug-likeness (QED) is 0.465. The van der Waals surface area contributed by atoms with Crippen LogP contribution in [0.3, 0.4) is 0 Å². The van der Waals surface area contributed by atoms with Gasteiger partial charge in [-0.1, -0.05) is 24.3 Å². The minimum atomic E-state index is -1.24. The molecule has 0 radical (unpaired) electrons. The number of anilines is 1. The number of aromatic nitrogens is 1. The molecule has 2 aromatic heterocycles. The number of rotatable bonds is 4. The van der Waals surface area contributed by atoms with Crippen LogP contribution in [0.1, 0.15) is 22.2 Å². The molecule has 0 bridgehead atoms. The highest BCUT2D eigenvalue weighted by molar-refractivity contribution is 6.20. The fraction of sp³-hybridized carbons (Fsp3) is 0.0417. The highest BCUT2D eigenvalue weighted by Crippen LogP contribution is 2.43. The first-order chi connectivity index (χ1) is 15.5. The number of amides is 1. The molecule has 0 saturated heterocycles. The van der Waals surface area contributed by atoms with E-state index >= 15 is 0 Å². The number of hydrogen-bond donors (Lipinski definition) is 1. The second kappa shape index (κ2) is 7.42. The van der Waals surface area contributed by atoms with Crippen LogP contribution in [0.2, 0.25) is 0 Å². The Balaban J connectivity index is 1.69. The summed E-state index contributed by atoms with van der Waals surface area (Å²) in [6.07, 6.45) is 2.87. The maximum absolute atomic E-state index is 14.6. The summed E-state index contributed by atoms with van der Waals surface area (Å²) in [5.74, 6) is -4.43. The zero-order valence-corrected chi connectivity index (χ0v) is 16.3. The third kappa shape index (κ3) is 3.04. The minimum absolute atomic E-state index is 0.101. The van der Waals surface area contributed by atoms with Crippen molar-refractivity contribution in [2.45, 2.75) is 6.04 Å². The van der Waals surface area contributed by atoms with Crippen molar-refractivity contribution in [2.75, 3.05) is 4.90 Å². The smallest absolute Gasteiger partial charge is 0.294 e. The Kier molecular flexibility index (Phi) is 4.55. The van der Waals surface area contributed by atoms with Crippen LogP contribution < -0.4 is 4.90 Å². The van der Waals surface area contributed by atoms with Gasteiger partial charge in [-0.3, -0.25) is 19.5 Å². The summed E-state index contributed by atoms with van der Waals surface area (Å²) >= 11 is 0. The summed E-state index contributed by atoms with van der Waals surface area (Å²) in [6.45, 7) is 0. The lowest BCUT2D eigenvalue weighted by atomic mass is 9.96. The minimum Gasteiger partial charge on any atom is -0.503 e. The maximum Gasteiger partial charge on any atom is 0.294 e. The van der Waals surface area contributed by atoms with Gasteiger partial charge in [0.25, 0.3) is 5.91 Å². The number of para-hydroxylation sites is 1. The van der Waals surface area contributed by atoms with Crippen LogP contribution in [-0.4, -0.2) is 21.8 Å². The highest BCUT2D eigenvalue weighted by Gasteiger charge is 2.46. The topological polar surface area (TPSA) is 83.6 Å². The van der Waals surface area contributed by atoms with Crippen LogP contribution in [-0.2, 0) is 4.79 Å². The fourth-order valence-electron chi connectivity index (χ4n) is 3.84. The van der Waals surface area contributed by atoms with Crippen LogP contribution in [0.5, 0.6) is 0 Å². The molecule has 2 aromatic carbocycles. The lowest BCUT2D eigenvalue weighted by Gasteiger charge is -2.26. The number of carbonyl (C=O) groups excluding carboxylic acids is 2. The molecule has 5 rings (SSSR count). The Hall–Kier alpha value is -4.33. The van der Waals surface area contributed by atoms with E-state index in [0.29, 0.717) is 16.5 Å². The van der Waals surface area contributed by atoms with Gasteiger partial charge in [0.05, 0.1) is 17.3 Å². The molecular weight excluding hydrogens is 418 g/mol. The Morgan fingerprint density at radius 1 is 1.06 bits per heavy atom. The monoisotopic (exact) mass is 432 g/mol. The van der Waals surface area contributed by atoms with Crippen molar-refractivity contribution in [3.05, 3.63) is 107 Å². The third-order valence-electron chi connectivity index (χ3n) is 5.27. The zero-order valence-electron chi connectivity index (χ0n) is 16.3. The second-order valence-corrected chi connectivity index (χ2v) is 7.20. The largest absolute Gasteiger partial charge is 0.503 e.